The molecule has 1 heterocycles. The van der Waals surface area contributed by atoms with Crippen molar-refractivity contribution in [1.82, 2.24) is 0 Å². The zero-order chi connectivity index (χ0) is 29.3. The number of carbonyl (C=O) groups excluding carboxylic acids is 1. The van der Waals surface area contributed by atoms with Gasteiger partial charge in [-0.25, -0.2) is 0 Å². The smallest absolute Gasteiger partial charge is 0.303 e. The minimum Gasteiger partial charge on any atom is -0.455 e. The summed E-state index contributed by atoms with van der Waals surface area (Å²) in [7, 11) is 6.07. The van der Waals surface area contributed by atoms with Crippen LogP contribution in [0.4, 0.5) is 0 Å². The maximum absolute atomic E-state index is 12.4. The molecule has 0 amide bonds. The van der Waals surface area contributed by atoms with Gasteiger partial charge in [-0.15, -0.1) is 0 Å². The highest BCUT2D eigenvalue weighted by atomic mass is 16.6. The Morgan fingerprint density at radius 1 is 0.850 bits per heavy atom. The van der Waals surface area contributed by atoms with Crippen LogP contribution in [-0.2, 0) is 33.2 Å². The second-order valence-electron chi connectivity index (χ2n) is 10.8. The van der Waals surface area contributed by atoms with Crippen LogP contribution in [0.5, 0.6) is 0 Å². The van der Waals surface area contributed by atoms with Crippen LogP contribution < -0.4 is 5.46 Å². The van der Waals surface area contributed by atoms with Crippen molar-refractivity contribution in [2.45, 2.75) is 130 Å². The van der Waals surface area contributed by atoms with Crippen molar-refractivity contribution in [3.05, 3.63) is 29.3 Å². The fourth-order valence-corrected chi connectivity index (χ4v) is 4.94. The van der Waals surface area contributed by atoms with Gasteiger partial charge < -0.3 is 28.4 Å². The van der Waals surface area contributed by atoms with Gasteiger partial charge in [0.2, 0.25) is 0 Å². The first kappa shape index (κ1) is 34.8. The topological polar surface area (TPSA) is 72.5 Å². The molecule has 226 valence electrons. The Hall–Kier alpha value is -1.45. The van der Waals surface area contributed by atoms with Gasteiger partial charge >= 0.3 is 5.97 Å². The second kappa shape index (κ2) is 19.6. The molecule has 1 saturated heterocycles. The van der Waals surface area contributed by atoms with Gasteiger partial charge in [-0.05, 0) is 43.7 Å². The Morgan fingerprint density at radius 2 is 1.40 bits per heavy atom. The summed E-state index contributed by atoms with van der Waals surface area (Å²) in [5, 5.41) is 0. The van der Waals surface area contributed by atoms with Crippen molar-refractivity contribution in [1.29, 1.82) is 0 Å². The Kier molecular flexibility index (Phi) is 17.1. The number of ether oxygens (including phenoxy) is 6. The molecule has 6 atom stereocenters. The lowest BCUT2D eigenvalue weighted by atomic mass is 9.85. The van der Waals surface area contributed by atoms with E-state index < -0.39 is 36.5 Å². The van der Waals surface area contributed by atoms with Crippen LogP contribution in [0.1, 0.15) is 103 Å². The van der Waals surface area contributed by atoms with Gasteiger partial charge in [0.25, 0.3) is 0 Å². The molecule has 2 radical (unpaired) electrons. The third-order valence-electron chi connectivity index (χ3n) is 7.21. The Balaban J connectivity index is 2.56. The number of hydrogen-bond donors (Lipinski definition) is 0. The van der Waals surface area contributed by atoms with E-state index in [0.717, 1.165) is 62.5 Å². The molecule has 0 saturated carbocycles. The van der Waals surface area contributed by atoms with E-state index in [-0.39, 0.29) is 6.10 Å². The molecule has 0 aliphatic carbocycles. The fourth-order valence-electron chi connectivity index (χ4n) is 4.94. The fraction of sp³-hybridized carbons (Fsp3) is 0.781. The Morgan fingerprint density at radius 3 is 1.95 bits per heavy atom. The van der Waals surface area contributed by atoms with Crippen molar-refractivity contribution < 1.29 is 33.2 Å². The number of esters is 1. The first-order chi connectivity index (χ1) is 19.4. The lowest BCUT2D eigenvalue weighted by Crippen LogP contribution is -2.63. The average Bonchev–Trinajstić information content (AvgIpc) is 2.92. The van der Waals surface area contributed by atoms with Gasteiger partial charge in [0.15, 0.2) is 6.10 Å². The van der Waals surface area contributed by atoms with Crippen LogP contribution in [0.25, 0.3) is 0 Å². The van der Waals surface area contributed by atoms with E-state index >= 15 is 0 Å². The summed E-state index contributed by atoms with van der Waals surface area (Å²) < 4.78 is 38.6. The van der Waals surface area contributed by atoms with Gasteiger partial charge in [0.05, 0.1) is 6.61 Å². The number of hydrogen-bond acceptors (Lipinski definition) is 7. The zero-order valence-corrected chi connectivity index (χ0v) is 25.8. The highest BCUT2D eigenvalue weighted by Crippen LogP contribution is 2.38. The molecule has 0 spiro atoms. The number of unbranched alkanes of at least 4 members (excludes halogenated alkanes) is 4. The number of benzene rings is 1. The third kappa shape index (κ3) is 11.1. The van der Waals surface area contributed by atoms with Crippen molar-refractivity contribution >= 4 is 19.3 Å². The minimum atomic E-state index is -0.711. The van der Waals surface area contributed by atoms with E-state index in [4.69, 9.17) is 36.3 Å². The highest BCUT2D eigenvalue weighted by Gasteiger charge is 2.52. The van der Waals surface area contributed by atoms with Crippen molar-refractivity contribution in [3.63, 3.8) is 0 Å². The molecule has 1 aliphatic rings. The SMILES string of the molecule is [B]c1ccc(C(OC(C)=O)[C@H]2OC(COCCCC)[C@@H](OCCCC)[C@H](OCCCC)C2OCCCC)c(C)c1. The molecule has 1 aromatic carbocycles. The van der Waals surface area contributed by atoms with Crippen LogP contribution in [0.3, 0.4) is 0 Å². The molecule has 1 aliphatic heterocycles. The predicted molar refractivity (Wildman–Crippen MR) is 159 cm³/mol. The first-order valence-corrected chi connectivity index (χ1v) is 15.5. The van der Waals surface area contributed by atoms with E-state index in [2.05, 4.69) is 27.7 Å². The van der Waals surface area contributed by atoms with Crippen LogP contribution >= 0.6 is 0 Å². The summed E-state index contributed by atoms with van der Waals surface area (Å²) in [5.74, 6) is -0.391. The Bertz CT molecular complexity index is 835. The number of rotatable bonds is 20. The summed E-state index contributed by atoms with van der Waals surface area (Å²) in [5.41, 5.74) is 2.40. The first-order valence-electron chi connectivity index (χ1n) is 15.5. The van der Waals surface area contributed by atoms with Crippen molar-refractivity contribution in [3.8, 4) is 0 Å². The van der Waals surface area contributed by atoms with Gasteiger partial charge in [-0.1, -0.05) is 77.0 Å². The monoisotopic (exact) mass is 560 g/mol. The molecule has 1 fully saturated rings. The average molecular weight is 561 g/mol. The summed E-state index contributed by atoms with van der Waals surface area (Å²) in [6, 6.07) is 5.62. The molecular weight excluding hydrogens is 507 g/mol. The number of aryl methyl sites for hydroxylation is 1. The summed E-state index contributed by atoms with van der Waals surface area (Å²) in [6.45, 7) is 14.7. The van der Waals surface area contributed by atoms with E-state index in [1.54, 1.807) is 0 Å². The molecule has 0 N–H and O–H groups in total. The third-order valence-corrected chi connectivity index (χ3v) is 7.21. The molecule has 7 nitrogen and oxygen atoms in total. The quantitative estimate of drug-likeness (QED) is 0.118. The molecule has 1 aromatic rings. The van der Waals surface area contributed by atoms with Crippen LogP contribution in [0, 0.1) is 6.92 Å². The molecule has 3 unspecified atom stereocenters. The van der Waals surface area contributed by atoms with Gasteiger partial charge in [0, 0.05) is 33.4 Å². The van der Waals surface area contributed by atoms with E-state index in [9.17, 15) is 4.79 Å². The lowest BCUT2D eigenvalue weighted by Gasteiger charge is -2.48. The van der Waals surface area contributed by atoms with E-state index in [0.29, 0.717) is 38.5 Å². The van der Waals surface area contributed by atoms with Crippen LogP contribution in [0.2, 0.25) is 0 Å². The minimum absolute atomic E-state index is 0.357. The maximum atomic E-state index is 12.4. The van der Waals surface area contributed by atoms with Gasteiger partial charge in [-0.3, -0.25) is 4.79 Å². The van der Waals surface area contributed by atoms with E-state index in [1.807, 2.05) is 25.1 Å². The zero-order valence-electron chi connectivity index (χ0n) is 25.8. The molecule has 8 heteroatoms. The van der Waals surface area contributed by atoms with Gasteiger partial charge in [-0.2, -0.15) is 0 Å². The summed E-state index contributed by atoms with van der Waals surface area (Å²) >= 11 is 0. The molecule has 0 bridgehead atoms. The largest absolute Gasteiger partial charge is 0.455 e. The summed E-state index contributed by atoms with van der Waals surface area (Å²) in [6.07, 6.45) is 4.76. The molecule has 2 rings (SSSR count). The highest BCUT2D eigenvalue weighted by molar-refractivity contribution is 6.32. The van der Waals surface area contributed by atoms with Crippen molar-refractivity contribution in [2.75, 3.05) is 33.0 Å². The van der Waals surface area contributed by atoms with Crippen LogP contribution in [-0.4, -0.2) is 77.4 Å². The maximum Gasteiger partial charge on any atom is 0.303 e. The summed E-state index contributed by atoms with van der Waals surface area (Å²) in [4.78, 5) is 12.4. The van der Waals surface area contributed by atoms with Crippen LogP contribution in [0.15, 0.2) is 18.2 Å². The molecular formula is C32H53BO7. The molecule has 40 heavy (non-hydrogen) atoms. The number of carbonyl (C=O) groups is 1. The normalized spacial score (nSPS) is 23.7. The van der Waals surface area contributed by atoms with Crippen molar-refractivity contribution in [2.24, 2.45) is 0 Å². The van der Waals surface area contributed by atoms with Gasteiger partial charge in [0.1, 0.15) is 38.4 Å². The second-order valence-corrected chi connectivity index (χ2v) is 10.8. The standard InChI is InChI=1S/C32H53BO7/c1-7-11-17-35-22-27-29(36-18-12-8-2)30(37-19-13-9-3)31(38-20-14-10-4)32(40-27)28(39-24(6)34)26-16-15-25(33)21-23(26)5/h15-16,21,27-32H,7-14,17-20,22H2,1-6H3/t27?,28?,29-,30+,31?,32-/m1/s1. The Labute approximate surface area is 244 Å². The van der Waals surface area contributed by atoms with E-state index in [1.165, 1.54) is 6.92 Å². The molecule has 0 aromatic heterocycles. The predicted octanol–water partition coefficient (Wildman–Crippen LogP) is 5.53. The lowest BCUT2D eigenvalue weighted by molar-refractivity contribution is -0.283.